The molecule has 0 saturated heterocycles. The predicted octanol–water partition coefficient (Wildman–Crippen LogP) is 3.72. The van der Waals surface area contributed by atoms with E-state index in [0.717, 1.165) is 17.0 Å². The van der Waals surface area contributed by atoms with Crippen molar-refractivity contribution in [3.8, 4) is 11.3 Å². The number of aryl methyl sites for hydroxylation is 2. The van der Waals surface area contributed by atoms with E-state index in [9.17, 15) is 4.79 Å². The summed E-state index contributed by atoms with van der Waals surface area (Å²) in [5.41, 5.74) is 10.1. The van der Waals surface area contributed by atoms with Crippen LogP contribution >= 0.6 is 0 Å². The van der Waals surface area contributed by atoms with Crippen molar-refractivity contribution in [1.82, 2.24) is 9.97 Å². The van der Waals surface area contributed by atoms with Crippen LogP contribution in [0.4, 0.5) is 0 Å². The molecule has 4 nitrogen and oxygen atoms in total. The van der Waals surface area contributed by atoms with E-state index in [2.05, 4.69) is 40.7 Å². The first kappa shape index (κ1) is 15.7. The van der Waals surface area contributed by atoms with Crippen LogP contribution < -0.4 is 5.73 Å². The number of rotatable bonds is 3. The first-order valence-corrected chi connectivity index (χ1v) is 8.13. The Hall–Kier alpha value is -2.23. The van der Waals surface area contributed by atoms with Crippen LogP contribution in [0.15, 0.2) is 24.3 Å². The summed E-state index contributed by atoms with van der Waals surface area (Å²) in [7, 11) is 0. The Balaban J connectivity index is 1.92. The van der Waals surface area contributed by atoms with E-state index in [1.165, 1.54) is 31.2 Å². The lowest BCUT2D eigenvalue weighted by atomic mass is 9.84. The smallest absolute Gasteiger partial charge is 0.269 e. The second-order valence-electron chi connectivity index (χ2n) is 6.22. The number of benzene rings is 1. The summed E-state index contributed by atoms with van der Waals surface area (Å²) in [5.74, 6) is 0.117. The van der Waals surface area contributed by atoms with Gasteiger partial charge >= 0.3 is 0 Å². The molecule has 1 amide bonds. The van der Waals surface area contributed by atoms with Gasteiger partial charge in [0.15, 0.2) is 0 Å². The van der Waals surface area contributed by atoms with Gasteiger partial charge in [-0.1, -0.05) is 24.3 Å². The highest BCUT2D eigenvalue weighted by molar-refractivity contribution is 5.92. The first-order valence-electron chi connectivity index (χ1n) is 8.13. The molecule has 1 fully saturated rings. The number of primary amides is 1. The van der Waals surface area contributed by atoms with Crippen molar-refractivity contribution in [2.75, 3.05) is 0 Å². The van der Waals surface area contributed by atoms with Gasteiger partial charge in [-0.15, -0.1) is 0 Å². The number of hydrogen-bond acceptors (Lipinski definition) is 3. The predicted molar refractivity (Wildman–Crippen MR) is 91.0 cm³/mol. The van der Waals surface area contributed by atoms with Crippen molar-refractivity contribution in [3.05, 3.63) is 53.3 Å². The Kier molecular flexibility index (Phi) is 4.42. The average Bonchev–Trinajstić information content (AvgIpc) is 2.56. The zero-order chi connectivity index (χ0) is 16.4. The van der Waals surface area contributed by atoms with Gasteiger partial charge in [-0.05, 0) is 57.4 Å². The first-order chi connectivity index (χ1) is 11.1. The topological polar surface area (TPSA) is 68.9 Å². The Morgan fingerprint density at radius 3 is 2.30 bits per heavy atom. The van der Waals surface area contributed by atoms with E-state index in [0.29, 0.717) is 11.6 Å². The van der Waals surface area contributed by atoms with Crippen LogP contribution in [-0.4, -0.2) is 15.9 Å². The van der Waals surface area contributed by atoms with E-state index in [4.69, 9.17) is 5.73 Å². The molecule has 119 valence electrons. The lowest BCUT2D eigenvalue weighted by Crippen LogP contribution is -2.17. The molecule has 0 spiro atoms. The van der Waals surface area contributed by atoms with Crippen LogP contribution in [0.25, 0.3) is 11.3 Å². The number of nitrogens with two attached hydrogens (primary N) is 1. The lowest BCUT2D eigenvalue weighted by Gasteiger charge is -2.22. The molecule has 1 radical (unpaired) electrons. The molecule has 23 heavy (non-hydrogen) atoms. The summed E-state index contributed by atoms with van der Waals surface area (Å²) in [6, 6.07) is 8.50. The molecule has 1 aromatic heterocycles. The lowest BCUT2D eigenvalue weighted by molar-refractivity contribution is 0.0994. The molecule has 0 atom stereocenters. The van der Waals surface area contributed by atoms with Gasteiger partial charge < -0.3 is 5.73 Å². The van der Waals surface area contributed by atoms with Crippen LogP contribution in [0.1, 0.15) is 59.0 Å². The Bertz CT molecular complexity index is 716. The van der Waals surface area contributed by atoms with Crippen LogP contribution in [0, 0.1) is 20.3 Å². The van der Waals surface area contributed by atoms with Crippen LogP contribution in [0.5, 0.6) is 0 Å². The van der Waals surface area contributed by atoms with Crippen LogP contribution in [0.3, 0.4) is 0 Å². The van der Waals surface area contributed by atoms with Crippen molar-refractivity contribution >= 4 is 5.91 Å². The maximum absolute atomic E-state index is 11.5. The summed E-state index contributed by atoms with van der Waals surface area (Å²) in [5, 5.41) is 0. The maximum Gasteiger partial charge on any atom is 0.269 e. The minimum Gasteiger partial charge on any atom is -0.364 e. The second kappa shape index (κ2) is 6.49. The molecule has 0 bridgehead atoms. The SMILES string of the molecule is Cc1nc(C)c(-c2ccc(C3CC[CH]CC3)cc2)nc1C(N)=O. The summed E-state index contributed by atoms with van der Waals surface area (Å²) < 4.78 is 0. The van der Waals surface area contributed by atoms with Gasteiger partial charge in [-0.2, -0.15) is 0 Å². The Morgan fingerprint density at radius 2 is 1.70 bits per heavy atom. The van der Waals surface area contributed by atoms with Gasteiger partial charge in [0.2, 0.25) is 0 Å². The third-order valence-corrected chi connectivity index (χ3v) is 4.57. The second-order valence-corrected chi connectivity index (χ2v) is 6.22. The van der Waals surface area contributed by atoms with Crippen molar-refractivity contribution in [2.24, 2.45) is 5.73 Å². The summed E-state index contributed by atoms with van der Waals surface area (Å²) in [6.07, 6.45) is 7.25. The number of nitrogens with zero attached hydrogens (tertiary/aromatic N) is 2. The molecule has 1 saturated carbocycles. The van der Waals surface area contributed by atoms with Crippen molar-refractivity contribution in [1.29, 1.82) is 0 Å². The minimum atomic E-state index is -0.536. The zero-order valence-corrected chi connectivity index (χ0v) is 13.7. The third kappa shape index (κ3) is 3.26. The largest absolute Gasteiger partial charge is 0.364 e. The summed E-state index contributed by atoms with van der Waals surface area (Å²) >= 11 is 0. The average molecular weight is 308 g/mol. The van der Waals surface area contributed by atoms with E-state index in [1.807, 2.05) is 6.92 Å². The molecule has 2 N–H and O–H groups in total. The normalized spacial score (nSPS) is 15.6. The third-order valence-electron chi connectivity index (χ3n) is 4.57. The van der Waals surface area contributed by atoms with E-state index < -0.39 is 5.91 Å². The number of amides is 1. The van der Waals surface area contributed by atoms with Gasteiger partial charge in [-0.3, -0.25) is 9.78 Å². The number of aromatic nitrogens is 2. The number of hydrogen-bond donors (Lipinski definition) is 1. The van der Waals surface area contributed by atoms with E-state index in [-0.39, 0.29) is 5.69 Å². The highest BCUT2D eigenvalue weighted by Crippen LogP contribution is 2.33. The highest BCUT2D eigenvalue weighted by atomic mass is 16.1. The van der Waals surface area contributed by atoms with Crippen LogP contribution in [0.2, 0.25) is 0 Å². The molecule has 1 aliphatic carbocycles. The Labute approximate surface area is 137 Å². The molecule has 2 aromatic rings. The van der Waals surface area contributed by atoms with Gasteiger partial charge in [0, 0.05) is 5.56 Å². The molecule has 4 heteroatoms. The standard InChI is InChI=1S/C19H22N3O/c1-12-17(22-18(19(20)23)13(2)21-12)16-10-8-15(9-11-16)14-6-4-3-5-7-14/h3,8-11,14H,4-7H2,1-2H3,(H2,20,23). The van der Waals surface area contributed by atoms with Crippen molar-refractivity contribution in [2.45, 2.75) is 45.4 Å². The zero-order valence-electron chi connectivity index (χ0n) is 13.7. The van der Waals surface area contributed by atoms with Gasteiger partial charge in [0.25, 0.3) is 5.91 Å². The molecule has 0 aliphatic heterocycles. The van der Waals surface area contributed by atoms with E-state index in [1.54, 1.807) is 6.92 Å². The maximum atomic E-state index is 11.5. The monoisotopic (exact) mass is 308 g/mol. The Morgan fingerprint density at radius 1 is 1.04 bits per heavy atom. The molecule has 1 aromatic carbocycles. The summed E-state index contributed by atoms with van der Waals surface area (Å²) in [4.78, 5) is 20.4. The molecule has 1 aliphatic rings. The fourth-order valence-electron chi connectivity index (χ4n) is 3.31. The van der Waals surface area contributed by atoms with Crippen molar-refractivity contribution < 1.29 is 4.79 Å². The van der Waals surface area contributed by atoms with Gasteiger partial charge in [0.1, 0.15) is 5.69 Å². The quantitative estimate of drug-likeness (QED) is 0.939. The molecule has 1 heterocycles. The fraction of sp³-hybridized carbons (Fsp3) is 0.368. The summed E-state index contributed by atoms with van der Waals surface area (Å²) in [6.45, 7) is 3.66. The number of carbonyl (C=O) groups is 1. The van der Waals surface area contributed by atoms with Crippen LogP contribution in [-0.2, 0) is 0 Å². The van der Waals surface area contributed by atoms with Gasteiger partial charge in [-0.25, -0.2) is 4.98 Å². The fourth-order valence-corrected chi connectivity index (χ4v) is 3.31. The van der Waals surface area contributed by atoms with Gasteiger partial charge in [0.05, 0.1) is 17.1 Å². The van der Waals surface area contributed by atoms with Crippen molar-refractivity contribution in [3.63, 3.8) is 0 Å². The van der Waals surface area contributed by atoms with E-state index >= 15 is 0 Å². The molecular formula is C19H22N3O. The molecule has 0 unspecified atom stereocenters. The number of carbonyl (C=O) groups excluding carboxylic acids is 1. The molecule has 3 rings (SSSR count). The highest BCUT2D eigenvalue weighted by Gasteiger charge is 2.17. The molecular weight excluding hydrogens is 286 g/mol. The minimum absolute atomic E-state index is 0.248.